The van der Waals surface area contributed by atoms with Crippen LogP contribution >= 0.6 is 11.3 Å². The van der Waals surface area contributed by atoms with Crippen LogP contribution in [0.5, 0.6) is 0 Å². The number of fused-ring (bicyclic) bond motifs is 1. The number of nitrogens with one attached hydrogen (secondary N) is 2. The predicted octanol–water partition coefficient (Wildman–Crippen LogP) is 7.49. The molecular formula is C32H35F4N3S. The lowest BCUT2D eigenvalue weighted by atomic mass is 10.1. The summed E-state index contributed by atoms with van der Waals surface area (Å²) in [5, 5.41) is 7.85. The molecule has 1 aliphatic carbocycles. The number of para-hydroxylation sites is 1. The van der Waals surface area contributed by atoms with E-state index in [0.717, 1.165) is 34.0 Å². The molecule has 2 aromatic heterocycles. The number of hydrogen-bond acceptors (Lipinski definition) is 3. The summed E-state index contributed by atoms with van der Waals surface area (Å²) in [4.78, 5) is 1.77. The van der Waals surface area contributed by atoms with Crippen LogP contribution in [0, 0.1) is 12.3 Å². The van der Waals surface area contributed by atoms with E-state index in [9.17, 15) is 13.2 Å². The minimum atomic E-state index is -4.39. The zero-order valence-electron chi connectivity index (χ0n) is 22.7. The number of alkyl halides is 4. The zero-order valence-corrected chi connectivity index (χ0v) is 23.5. The number of anilines is 1. The molecule has 1 aromatic carbocycles. The fraction of sp³-hybridized carbons (Fsp3) is 0.375. The fourth-order valence-electron chi connectivity index (χ4n) is 4.83. The van der Waals surface area contributed by atoms with E-state index in [-0.39, 0.29) is 0 Å². The normalized spacial score (nSPS) is 14.3. The number of halogens is 4. The molecule has 1 unspecified atom stereocenters. The third kappa shape index (κ3) is 7.82. The summed E-state index contributed by atoms with van der Waals surface area (Å²) in [5.41, 5.74) is 2.68. The summed E-state index contributed by atoms with van der Waals surface area (Å²) in [7, 11) is 0. The van der Waals surface area contributed by atoms with Crippen LogP contribution in [0.15, 0.2) is 60.3 Å². The highest BCUT2D eigenvalue weighted by atomic mass is 32.1. The van der Waals surface area contributed by atoms with Gasteiger partial charge in [-0.3, -0.25) is 0 Å². The van der Waals surface area contributed by atoms with E-state index >= 15 is 4.39 Å². The van der Waals surface area contributed by atoms with Crippen molar-refractivity contribution in [3.63, 3.8) is 0 Å². The summed E-state index contributed by atoms with van der Waals surface area (Å²) in [6.07, 6.45) is 7.65. The van der Waals surface area contributed by atoms with E-state index < -0.39 is 18.9 Å². The predicted molar refractivity (Wildman–Crippen MR) is 158 cm³/mol. The van der Waals surface area contributed by atoms with Gasteiger partial charge in [0.05, 0.1) is 10.6 Å². The maximum Gasteiger partial charge on any atom is 0.406 e. The number of thiophene rings is 1. The van der Waals surface area contributed by atoms with Crippen LogP contribution in [0.25, 0.3) is 22.3 Å². The van der Waals surface area contributed by atoms with Crippen LogP contribution in [-0.4, -0.2) is 16.9 Å². The number of allylic oxidation sites excluding steroid dienone is 2. The van der Waals surface area contributed by atoms with E-state index in [1.165, 1.54) is 15.9 Å². The number of rotatable bonds is 13. The monoisotopic (exact) mass is 569 g/mol. The number of nitrogens with zero attached hydrogens (tertiary/aromatic N) is 1. The van der Waals surface area contributed by atoms with Crippen molar-refractivity contribution < 1.29 is 17.6 Å². The first kappa shape index (κ1) is 29.5. The van der Waals surface area contributed by atoms with E-state index in [1.807, 2.05) is 61.5 Å². The Morgan fingerprint density at radius 3 is 2.73 bits per heavy atom. The maximum atomic E-state index is 15.2. The van der Waals surface area contributed by atoms with Crippen molar-refractivity contribution in [2.24, 2.45) is 0 Å². The molecule has 40 heavy (non-hydrogen) atoms. The molecule has 2 heterocycles. The Labute approximate surface area is 237 Å². The van der Waals surface area contributed by atoms with Gasteiger partial charge in [-0.15, -0.1) is 23.7 Å². The highest BCUT2D eigenvalue weighted by Gasteiger charge is 2.30. The molecule has 4 rings (SSSR count). The molecule has 2 N–H and O–H groups in total. The molecule has 0 fully saturated rings. The molecule has 0 spiro atoms. The molecule has 0 amide bonds. The highest BCUT2D eigenvalue weighted by molar-refractivity contribution is 7.15. The van der Waals surface area contributed by atoms with Crippen LogP contribution in [0.2, 0.25) is 0 Å². The third-order valence-electron chi connectivity index (χ3n) is 6.78. The quantitative estimate of drug-likeness (QED) is 0.127. The second kappa shape index (κ2) is 13.8. The van der Waals surface area contributed by atoms with E-state index in [0.29, 0.717) is 60.6 Å². The Balaban J connectivity index is 1.71. The van der Waals surface area contributed by atoms with Crippen molar-refractivity contribution in [1.29, 1.82) is 0 Å². The molecule has 1 aliphatic rings. The highest BCUT2D eigenvalue weighted by Crippen LogP contribution is 2.30. The Morgan fingerprint density at radius 2 is 2.00 bits per heavy atom. The van der Waals surface area contributed by atoms with Crippen LogP contribution in [0.3, 0.4) is 0 Å². The first-order chi connectivity index (χ1) is 19.3. The molecule has 212 valence electrons. The number of terminal acetylenes is 1. The van der Waals surface area contributed by atoms with Gasteiger partial charge in [0.15, 0.2) is 0 Å². The van der Waals surface area contributed by atoms with Gasteiger partial charge in [-0.05, 0) is 56.0 Å². The minimum absolute atomic E-state index is 0.382. The van der Waals surface area contributed by atoms with Crippen molar-refractivity contribution in [2.45, 2.75) is 77.3 Å². The standard InChI is InChI=1S/C32H35F4N3S/c1-3-5-8-15-28(26(33)14-6-4-2)38-27-16-11-17-29-25(27)20-30(39(29)22-32(34,35)36)31-19-18-24(40-31)21-37-23-12-9-7-10-13-23/h1,7,9-10,12-13,15,17-20,26,37-38H,4-6,8,11,14,16,21-22H2,2H3. The Kier molecular flexibility index (Phi) is 10.2. The lowest BCUT2D eigenvalue weighted by Gasteiger charge is -2.19. The number of unbranched alkanes of at least 4 members (excludes halogenated alkanes) is 2. The summed E-state index contributed by atoms with van der Waals surface area (Å²) >= 11 is 1.47. The summed E-state index contributed by atoms with van der Waals surface area (Å²) in [6, 6.07) is 15.4. The molecule has 3 aromatic rings. The number of benzene rings is 1. The van der Waals surface area contributed by atoms with Crippen molar-refractivity contribution >= 4 is 28.8 Å². The lowest BCUT2D eigenvalue weighted by Crippen LogP contribution is -2.39. The molecule has 8 heteroatoms. The van der Waals surface area contributed by atoms with Gasteiger partial charge in [-0.1, -0.05) is 50.1 Å². The Bertz CT molecular complexity index is 1460. The van der Waals surface area contributed by atoms with Gasteiger partial charge in [0.2, 0.25) is 0 Å². The molecule has 3 nitrogen and oxygen atoms in total. The van der Waals surface area contributed by atoms with Gasteiger partial charge in [0.1, 0.15) is 12.7 Å². The van der Waals surface area contributed by atoms with Gasteiger partial charge in [-0.2, -0.15) is 13.2 Å². The molecule has 0 radical (unpaired) electrons. The van der Waals surface area contributed by atoms with Gasteiger partial charge in [0, 0.05) is 45.5 Å². The van der Waals surface area contributed by atoms with Crippen LogP contribution in [-0.2, 0) is 13.1 Å². The van der Waals surface area contributed by atoms with Gasteiger partial charge >= 0.3 is 6.18 Å². The van der Waals surface area contributed by atoms with Crippen LogP contribution in [0.4, 0.5) is 23.2 Å². The van der Waals surface area contributed by atoms with Gasteiger partial charge < -0.3 is 15.2 Å². The summed E-state index contributed by atoms with van der Waals surface area (Å²) < 4.78 is 57.9. The van der Waals surface area contributed by atoms with E-state index in [1.54, 1.807) is 6.08 Å². The third-order valence-corrected chi connectivity index (χ3v) is 7.89. The smallest absolute Gasteiger partial charge is 0.380 e. The minimum Gasteiger partial charge on any atom is -0.380 e. The maximum absolute atomic E-state index is 15.2. The average molecular weight is 570 g/mol. The zero-order chi connectivity index (χ0) is 28.5. The molecule has 0 saturated heterocycles. The molecule has 0 aliphatic heterocycles. The van der Waals surface area contributed by atoms with Crippen molar-refractivity contribution in [3.05, 3.63) is 75.7 Å². The average Bonchev–Trinajstić information content (AvgIpc) is 3.55. The number of hydrogen-bond donors (Lipinski definition) is 2. The van der Waals surface area contributed by atoms with E-state index in [4.69, 9.17) is 6.42 Å². The summed E-state index contributed by atoms with van der Waals surface area (Å²) in [6.45, 7) is 1.49. The van der Waals surface area contributed by atoms with Gasteiger partial charge in [-0.25, -0.2) is 4.39 Å². The first-order valence-corrected chi connectivity index (χ1v) is 14.5. The SMILES string of the molecule is C#CCCC=C(NC1=c2cc(-c3ccc(CNc4ccccc4)s3)n(CC(F)(F)F)c2=CCC1)C(F)CCCC. The number of aromatic nitrogens is 1. The Hall–Kier alpha value is -3.44. The largest absolute Gasteiger partial charge is 0.406 e. The van der Waals surface area contributed by atoms with Crippen LogP contribution in [0.1, 0.15) is 56.7 Å². The molecule has 0 bridgehead atoms. The molecule has 0 saturated carbocycles. The van der Waals surface area contributed by atoms with Gasteiger partial charge in [0.25, 0.3) is 0 Å². The molecular weight excluding hydrogens is 534 g/mol. The van der Waals surface area contributed by atoms with Crippen LogP contribution < -0.4 is 21.2 Å². The first-order valence-electron chi connectivity index (χ1n) is 13.7. The van der Waals surface area contributed by atoms with Crippen molar-refractivity contribution in [2.75, 3.05) is 5.32 Å². The molecule has 1 atom stereocenters. The van der Waals surface area contributed by atoms with Crippen molar-refractivity contribution in [3.8, 4) is 22.9 Å². The van der Waals surface area contributed by atoms with Crippen molar-refractivity contribution in [1.82, 2.24) is 9.88 Å². The topological polar surface area (TPSA) is 29.0 Å². The summed E-state index contributed by atoms with van der Waals surface area (Å²) in [5.74, 6) is 2.58. The second-order valence-electron chi connectivity index (χ2n) is 9.87. The fourth-order valence-corrected chi connectivity index (χ4v) is 5.81. The van der Waals surface area contributed by atoms with E-state index in [2.05, 4.69) is 16.6 Å². The lowest BCUT2D eigenvalue weighted by molar-refractivity contribution is -0.140. The second-order valence-corrected chi connectivity index (χ2v) is 11.0. The Morgan fingerprint density at radius 1 is 1.20 bits per heavy atom.